The molecule has 1 aromatic carbocycles. The molecule has 0 aromatic heterocycles. The van der Waals surface area contributed by atoms with E-state index in [1.807, 2.05) is 20.8 Å². The maximum absolute atomic E-state index is 11.7. The molecule has 0 spiro atoms. The van der Waals surface area contributed by atoms with Crippen molar-refractivity contribution in [2.45, 2.75) is 92.2 Å². The van der Waals surface area contributed by atoms with Gasteiger partial charge in [0.05, 0.1) is 12.0 Å². The van der Waals surface area contributed by atoms with E-state index in [4.69, 9.17) is 22.8 Å². The van der Waals surface area contributed by atoms with Crippen LogP contribution in [-0.4, -0.2) is 48.3 Å². The first-order valence-corrected chi connectivity index (χ1v) is 13.8. The van der Waals surface area contributed by atoms with E-state index in [2.05, 4.69) is 58.9 Å². The summed E-state index contributed by atoms with van der Waals surface area (Å²) in [5.41, 5.74) is 0.856. The van der Waals surface area contributed by atoms with Crippen LogP contribution in [0.4, 0.5) is 0 Å². The van der Waals surface area contributed by atoms with Crippen LogP contribution in [0.3, 0.4) is 0 Å². The predicted octanol–water partition coefficient (Wildman–Crippen LogP) is 6.61. The molecule has 0 aliphatic carbocycles. The molecule has 0 N–H and O–H groups in total. The maximum atomic E-state index is 11.7. The molecular weight excluding hydrogens is 436 g/mol. The number of esters is 1. The summed E-state index contributed by atoms with van der Waals surface area (Å²) < 4.78 is 26.9. The van der Waals surface area contributed by atoms with Crippen LogP contribution in [-0.2, 0) is 22.8 Å². The summed E-state index contributed by atoms with van der Waals surface area (Å²) in [6.45, 7) is 16.8. The zero-order valence-corrected chi connectivity index (χ0v) is 23.9. The Morgan fingerprint density at radius 1 is 0.939 bits per heavy atom. The molecule has 33 heavy (non-hydrogen) atoms. The number of ether oxygens (including phenoxy) is 2. The summed E-state index contributed by atoms with van der Waals surface area (Å²) in [4.78, 5) is 11.7. The predicted molar refractivity (Wildman–Crippen MR) is 137 cm³/mol. The molecule has 7 heteroatoms. The minimum absolute atomic E-state index is 0.113. The first-order chi connectivity index (χ1) is 15.3. The minimum Gasteiger partial charge on any atom is -0.488 e. The Kier molecular flexibility index (Phi) is 14.1. The maximum Gasteiger partial charge on any atom is 0.500 e. The molecule has 0 fully saturated rings. The number of hydrogen-bond donors (Lipinski definition) is 0. The van der Waals surface area contributed by atoms with Crippen molar-refractivity contribution in [2.24, 2.45) is 5.41 Å². The van der Waals surface area contributed by atoms with E-state index in [1.54, 1.807) is 21.3 Å². The highest BCUT2D eigenvalue weighted by Gasteiger charge is 2.37. The van der Waals surface area contributed by atoms with E-state index >= 15 is 0 Å². The average Bonchev–Trinajstić information content (AvgIpc) is 2.78. The lowest BCUT2D eigenvalue weighted by Gasteiger charge is -2.24. The molecule has 1 rings (SSSR count). The van der Waals surface area contributed by atoms with E-state index in [0.29, 0.717) is 25.0 Å². The molecule has 1 unspecified atom stereocenters. The second-order valence-electron chi connectivity index (χ2n) is 9.87. The largest absolute Gasteiger partial charge is 0.500 e. The summed E-state index contributed by atoms with van der Waals surface area (Å²) in [7, 11) is 2.19. The molecule has 0 amide bonds. The monoisotopic (exact) mass is 484 g/mol. The Hall–Kier alpha value is -1.41. The Balaban J connectivity index is 0.000000629. The normalized spacial score (nSPS) is 13.1. The van der Waals surface area contributed by atoms with Crippen LogP contribution < -0.4 is 4.74 Å². The van der Waals surface area contributed by atoms with Crippen molar-refractivity contribution in [1.29, 1.82) is 0 Å². The second kappa shape index (κ2) is 14.8. The smallest absolute Gasteiger partial charge is 0.488 e. The molecule has 0 saturated carbocycles. The highest BCUT2D eigenvalue weighted by molar-refractivity contribution is 6.60. The second-order valence-corrected chi connectivity index (χ2v) is 13.0. The molecule has 1 aromatic rings. The molecule has 0 heterocycles. The third kappa shape index (κ3) is 12.0. The zero-order chi connectivity index (χ0) is 25.7. The van der Waals surface area contributed by atoms with Gasteiger partial charge in [0.15, 0.2) is 0 Å². The van der Waals surface area contributed by atoms with Crippen molar-refractivity contribution in [1.82, 2.24) is 0 Å². The van der Waals surface area contributed by atoms with Gasteiger partial charge < -0.3 is 22.8 Å². The number of carbonyl (C=O) groups is 1. The van der Waals surface area contributed by atoms with Crippen molar-refractivity contribution in [3.63, 3.8) is 0 Å². The summed E-state index contributed by atoms with van der Waals surface area (Å²) >= 11 is 0. The van der Waals surface area contributed by atoms with Crippen LogP contribution in [0.15, 0.2) is 24.3 Å². The Bertz CT molecular complexity index is 654. The van der Waals surface area contributed by atoms with Gasteiger partial charge in [0.1, 0.15) is 11.4 Å². The standard InChI is InChI=1S/C14H22O.C12H26O5Si/c1-6-11(2)12-7-9-13(10-8-12)15-14(3,4)5;1-7-12(2,3)11(13)17-9-8-10-18(14-4,15-5)16-6/h7-11H,6H2,1-5H3;7-10H2,1-6H3. The molecule has 0 bridgehead atoms. The molecule has 0 saturated heterocycles. The molecule has 0 aliphatic rings. The van der Waals surface area contributed by atoms with E-state index < -0.39 is 14.2 Å². The van der Waals surface area contributed by atoms with E-state index in [-0.39, 0.29) is 11.6 Å². The number of hydrogen-bond acceptors (Lipinski definition) is 6. The highest BCUT2D eigenvalue weighted by Crippen LogP contribution is 2.24. The quantitative estimate of drug-likeness (QED) is 0.189. The van der Waals surface area contributed by atoms with Gasteiger partial charge in [0.25, 0.3) is 0 Å². The van der Waals surface area contributed by atoms with Crippen molar-refractivity contribution >= 4 is 14.8 Å². The lowest BCUT2D eigenvalue weighted by molar-refractivity contribution is -0.154. The van der Waals surface area contributed by atoms with Crippen molar-refractivity contribution in [3.05, 3.63) is 29.8 Å². The van der Waals surface area contributed by atoms with Crippen LogP contribution in [0.5, 0.6) is 5.75 Å². The van der Waals surface area contributed by atoms with E-state index in [9.17, 15) is 4.79 Å². The Labute approximate surface area is 203 Å². The van der Waals surface area contributed by atoms with E-state index in [1.165, 1.54) is 12.0 Å². The number of rotatable bonds is 12. The van der Waals surface area contributed by atoms with Crippen molar-refractivity contribution in [3.8, 4) is 5.75 Å². The Morgan fingerprint density at radius 3 is 1.85 bits per heavy atom. The Morgan fingerprint density at radius 2 is 1.45 bits per heavy atom. The summed E-state index contributed by atoms with van der Waals surface area (Å²) in [5, 5.41) is 0. The number of carbonyl (C=O) groups excluding carboxylic acids is 1. The third-order valence-corrected chi connectivity index (χ3v) is 8.55. The van der Waals surface area contributed by atoms with Gasteiger partial charge in [-0.1, -0.05) is 32.9 Å². The van der Waals surface area contributed by atoms with Gasteiger partial charge in [-0.15, -0.1) is 0 Å². The summed E-state index contributed by atoms with van der Waals surface area (Å²) in [6.07, 6.45) is 2.62. The fourth-order valence-electron chi connectivity index (χ4n) is 2.80. The van der Waals surface area contributed by atoms with Crippen LogP contribution in [0, 0.1) is 5.41 Å². The van der Waals surface area contributed by atoms with Crippen molar-refractivity contribution in [2.75, 3.05) is 27.9 Å². The van der Waals surface area contributed by atoms with Gasteiger partial charge in [0, 0.05) is 27.4 Å². The average molecular weight is 485 g/mol. The van der Waals surface area contributed by atoms with Gasteiger partial charge in [-0.3, -0.25) is 4.79 Å². The first-order valence-electron chi connectivity index (χ1n) is 11.9. The summed E-state index contributed by atoms with van der Waals surface area (Å²) in [5.74, 6) is 1.42. The molecular formula is C26H48O6Si. The zero-order valence-electron chi connectivity index (χ0n) is 22.9. The van der Waals surface area contributed by atoms with Gasteiger partial charge >= 0.3 is 14.8 Å². The molecule has 1 atom stereocenters. The molecule has 0 radical (unpaired) electrons. The third-order valence-electron chi connectivity index (χ3n) is 5.72. The van der Waals surface area contributed by atoms with Crippen LogP contribution in [0.2, 0.25) is 6.04 Å². The van der Waals surface area contributed by atoms with Crippen LogP contribution >= 0.6 is 0 Å². The van der Waals surface area contributed by atoms with E-state index in [0.717, 1.165) is 12.2 Å². The molecule has 192 valence electrons. The topological polar surface area (TPSA) is 63.2 Å². The van der Waals surface area contributed by atoms with Gasteiger partial charge in [0.2, 0.25) is 0 Å². The summed E-state index contributed by atoms with van der Waals surface area (Å²) in [6, 6.07) is 9.08. The lowest BCUT2D eigenvalue weighted by atomic mass is 9.91. The van der Waals surface area contributed by atoms with Gasteiger partial charge in [-0.2, -0.15) is 0 Å². The van der Waals surface area contributed by atoms with Gasteiger partial charge in [-0.25, -0.2) is 0 Å². The SMILES string of the molecule is CCC(C)(C)C(=O)OCCC[Si](OC)(OC)OC.CCC(C)c1ccc(OC(C)(C)C)cc1. The first kappa shape index (κ1) is 31.6. The molecule has 0 aliphatic heterocycles. The fourth-order valence-corrected chi connectivity index (χ4v) is 4.49. The highest BCUT2D eigenvalue weighted by atomic mass is 28.4. The number of benzene rings is 1. The fraction of sp³-hybridized carbons (Fsp3) is 0.731. The van der Waals surface area contributed by atoms with Crippen LogP contribution in [0.25, 0.3) is 0 Å². The van der Waals surface area contributed by atoms with Crippen molar-refractivity contribution < 1.29 is 27.5 Å². The van der Waals surface area contributed by atoms with Crippen LogP contribution in [0.1, 0.15) is 86.1 Å². The lowest BCUT2D eigenvalue weighted by Crippen LogP contribution is -2.42. The minimum atomic E-state index is -2.53. The molecule has 6 nitrogen and oxygen atoms in total. The van der Waals surface area contributed by atoms with Gasteiger partial charge in [-0.05, 0) is 77.5 Å².